The average molecular weight is 313 g/mol. The highest BCUT2D eigenvalue weighted by molar-refractivity contribution is 7.03. The van der Waals surface area contributed by atoms with Gasteiger partial charge in [-0.15, -0.1) is 0 Å². The van der Waals surface area contributed by atoms with E-state index >= 15 is 0 Å². The number of hydrogen-bond acceptors (Lipinski definition) is 0. The summed E-state index contributed by atoms with van der Waals surface area (Å²) in [4.78, 5) is 0. The molecule has 1 aromatic rings. The Morgan fingerprint density at radius 3 is 1.37 bits per heavy atom. The van der Waals surface area contributed by atoms with E-state index < -0.39 is 24.2 Å². The SMILES string of the molecule is C[Si](C)(C)c1ccc(F)c([Si](C)(C)C)c1[Si](C)(C)C. The molecule has 0 atom stereocenters. The lowest BCUT2D eigenvalue weighted by Gasteiger charge is -2.34. The van der Waals surface area contributed by atoms with Crippen LogP contribution in [0.3, 0.4) is 0 Å². The maximum Gasteiger partial charge on any atom is 0.122 e. The summed E-state index contributed by atoms with van der Waals surface area (Å²) in [5.74, 6) is 0.0404. The van der Waals surface area contributed by atoms with Crippen LogP contribution in [0, 0.1) is 5.82 Å². The van der Waals surface area contributed by atoms with E-state index in [4.69, 9.17) is 0 Å². The molecular weight excluding hydrogens is 283 g/mol. The Kier molecular flexibility index (Phi) is 4.41. The Balaban J connectivity index is 3.82. The van der Waals surface area contributed by atoms with Crippen molar-refractivity contribution in [2.24, 2.45) is 0 Å². The molecule has 0 bridgehead atoms. The lowest BCUT2D eigenvalue weighted by molar-refractivity contribution is 0.636. The van der Waals surface area contributed by atoms with Gasteiger partial charge >= 0.3 is 0 Å². The Bertz CT molecular complexity index is 474. The molecule has 0 saturated carbocycles. The summed E-state index contributed by atoms with van der Waals surface area (Å²) in [6.45, 7) is 21.0. The molecule has 0 unspecified atom stereocenters. The highest BCUT2D eigenvalue weighted by Crippen LogP contribution is 2.12. The van der Waals surface area contributed by atoms with Gasteiger partial charge in [-0.1, -0.05) is 75.4 Å². The van der Waals surface area contributed by atoms with Gasteiger partial charge in [0, 0.05) is 0 Å². The lowest BCUT2D eigenvalue weighted by Crippen LogP contribution is -2.67. The second-order valence-electron chi connectivity index (χ2n) is 8.59. The first kappa shape index (κ1) is 16.9. The van der Waals surface area contributed by atoms with Crippen LogP contribution in [-0.4, -0.2) is 24.2 Å². The molecule has 19 heavy (non-hydrogen) atoms. The highest BCUT2D eigenvalue weighted by Gasteiger charge is 2.35. The minimum atomic E-state index is -1.66. The first-order chi connectivity index (χ1) is 8.26. The van der Waals surface area contributed by atoms with Crippen LogP contribution in [0.1, 0.15) is 0 Å². The van der Waals surface area contributed by atoms with E-state index in [0.29, 0.717) is 0 Å². The summed E-state index contributed by atoms with van der Waals surface area (Å²) in [6.07, 6.45) is 0. The molecular formula is C15H29FSi3. The number of rotatable bonds is 3. The molecule has 0 saturated heterocycles. The van der Waals surface area contributed by atoms with Gasteiger partial charge in [0.25, 0.3) is 0 Å². The second-order valence-corrected chi connectivity index (χ2v) is 23.6. The van der Waals surface area contributed by atoms with Gasteiger partial charge in [0.15, 0.2) is 0 Å². The lowest BCUT2D eigenvalue weighted by atomic mass is 10.3. The predicted molar refractivity (Wildman–Crippen MR) is 95.3 cm³/mol. The smallest absolute Gasteiger partial charge is 0.122 e. The topological polar surface area (TPSA) is 0 Å². The van der Waals surface area contributed by atoms with Crippen LogP contribution in [0.15, 0.2) is 12.1 Å². The zero-order chi connectivity index (χ0) is 15.2. The van der Waals surface area contributed by atoms with Crippen molar-refractivity contribution in [1.82, 2.24) is 0 Å². The first-order valence-corrected chi connectivity index (χ1v) is 17.6. The maximum atomic E-state index is 14.5. The third kappa shape index (κ3) is 3.67. The van der Waals surface area contributed by atoms with Crippen molar-refractivity contribution in [2.45, 2.75) is 58.9 Å². The number of halogens is 1. The molecule has 0 aliphatic rings. The van der Waals surface area contributed by atoms with Crippen LogP contribution in [-0.2, 0) is 0 Å². The van der Waals surface area contributed by atoms with Crippen molar-refractivity contribution in [1.29, 1.82) is 0 Å². The van der Waals surface area contributed by atoms with E-state index in [9.17, 15) is 4.39 Å². The standard InChI is InChI=1S/C15H29FSi3/c1-17(2,3)13-11-10-12(16)14(18(4,5)6)15(13)19(7,8)9/h10-11H,1-9H3. The zero-order valence-corrected chi connectivity index (χ0v) is 17.0. The van der Waals surface area contributed by atoms with Crippen LogP contribution in [0.25, 0.3) is 0 Å². The van der Waals surface area contributed by atoms with Gasteiger partial charge in [0.05, 0.1) is 24.2 Å². The van der Waals surface area contributed by atoms with Gasteiger partial charge in [-0.25, -0.2) is 4.39 Å². The Morgan fingerprint density at radius 2 is 1.05 bits per heavy atom. The van der Waals surface area contributed by atoms with Gasteiger partial charge in [-0.05, 0) is 11.3 Å². The molecule has 0 spiro atoms. The number of hydrogen-bond donors (Lipinski definition) is 0. The van der Waals surface area contributed by atoms with E-state index in [2.05, 4.69) is 65.0 Å². The predicted octanol–water partition coefficient (Wildman–Crippen LogP) is 3.46. The molecule has 1 aromatic carbocycles. The first-order valence-electron chi connectivity index (χ1n) is 7.10. The van der Waals surface area contributed by atoms with Crippen molar-refractivity contribution in [3.05, 3.63) is 17.9 Å². The molecule has 108 valence electrons. The van der Waals surface area contributed by atoms with Crippen molar-refractivity contribution in [3.8, 4) is 0 Å². The molecule has 0 nitrogen and oxygen atoms in total. The van der Waals surface area contributed by atoms with E-state index in [0.717, 1.165) is 5.19 Å². The van der Waals surface area contributed by atoms with Crippen molar-refractivity contribution in [3.63, 3.8) is 0 Å². The molecule has 0 heterocycles. The minimum absolute atomic E-state index is 0.0404. The molecule has 0 aliphatic carbocycles. The summed E-state index contributed by atoms with van der Waals surface area (Å²) >= 11 is 0. The molecule has 0 fully saturated rings. The fourth-order valence-electron chi connectivity index (χ4n) is 2.71. The zero-order valence-electron chi connectivity index (χ0n) is 14.0. The van der Waals surface area contributed by atoms with Gasteiger partial charge in [-0.3, -0.25) is 0 Å². The Labute approximate surface area is 121 Å². The third-order valence-corrected chi connectivity index (χ3v) is 10.0. The quantitative estimate of drug-likeness (QED) is 0.750. The summed E-state index contributed by atoms with van der Waals surface area (Å²) in [5.41, 5.74) is 0. The van der Waals surface area contributed by atoms with E-state index in [1.54, 1.807) is 6.07 Å². The normalized spacial score (nSPS) is 13.8. The molecule has 0 N–H and O–H groups in total. The second kappa shape index (κ2) is 4.97. The van der Waals surface area contributed by atoms with E-state index in [-0.39, 0.29) is 5.82 Å². The van der Waals surface area contributed by atoms with Crippen LogP contribution < -0.4 is 15.6 Å². The van der Waals surface area contributed by atoms with E-state index in [1.165, 1.54) is 10.4 Å². The van der Waals surface area contributed by atoms with Gasteiger partial charge < -0.3 is 0 Å². The maximum absolute atomic E-state index is 14.5. The van der Waals surface area contributed by atoms with Crippen LogP contribution in [0.2, 0.25) is 58.9 Å². The van der Waals surface area contributed by atoms with Crippen molar-refractivity contribution >= 4 is 39.8 Å². The molecule has 4 heteroatoms. The Hall–Kier alpha value is -0.199. The van der Waals surface area contributed by atoms with Crippen LogP contribution in [0.4, 0.5) is 4.39 Å². The summed E-state index contributed by atoms with van der Waals surface area (Å²) in [7, 11) is -4.63. The monoisotopic (exact) mass is 312 g/mol. The van der Waals surface area contributed by atoms with Gasteiger partial charge in [0.2, 0.25) is 0 Å². The summed E-state index contributed by atoms with van der Waals surface area (Å²) in [5, 5.41) is 4.03. The van der Waals surface area contributed by atoms with Gasteiger partial charge in [-0.2, -0.15) is 0 Å². The molecule has 1 rings (SSSR count). The highest BCUT2D eigenvalue weighted by atomic mass is 28.3. The fraction of sp³-hybridized carbons (Fsp3) is 0.600. The summed E-state index contributed by atoms with van der Waals surface area (Å²) < 4.78 is 14.5. The fourth-order valence-corrected chi connectivity index (χ4v) is 12.2. The number of benzene rings is 1. The minimum Gasteiger partial charge on any atom is -0.207 e. The van der Waals surface area contributed by atoms with E-state index in [1.807, 2.05) is 0 Å². The van der Waals surface area contributed by atoms with Crippen LogP contribution >= 0.6 is 0 Å². The molecule has 0 radical (unpaired) electrons. The van der Waals surface area contributed by atoms with Crippen molar-refractivity contribution < 1.29 is 4.39 Å². The average Bonchev–Trinajstić information content (AvgIpc) is 2.11. The molecule has 0 aliphatic heterocycles. The van der Waals surface area contributed by atoms with Gasteiger partial charge in [0.1, 0.15) is 5.82 Å². The van der Waals surface area contributed by atoms with Crippen molar-refractivity contribution in [2.75, 3.05) is 0 Å². The Morgan fingerprint density at radius 1 is 0.632 bits per heavy atom. The largest absolute Gasteiger partial charge is 0.207 e. The summed E-state index contributed by atoms with van der Waals surface area (Å²) in [6, 6.07) is 3.81. The molecule has 0 amide bonds. The van der Waals surface area contributed by atoms with Crippen LogP contribution in [0.5, 0.6) is 0 Å². The third-order valence-electron chi connectivity index (χ3n) is 3.46. The molecule has 0 aromatic heterocycles.